The minimum absolute atomic E-state index is 0.493. The molecule has 130 valence electrons. The molecule has 1 fully saturated rings. The van der Waals surface area contributed by atoms with Crippen LogP contribution in [0.2, 0.25) is 0 Å². The van der Waals surface area contributed by atoms with Crippen molar-refractivity contribution in [3.63, 3.8) is 0 Å². The molecule has 1 aromatic heterocycles. The third-order valence-corrected chi connectivity index (χ3v) is 4.76. The zero-order valence-electron chi connectivity index (χ0n) is 14.9. The van der Waals surface area contributed by atoms with Crippen molar-refractivity contribution in [3.8, 4) is 5.69 Å². The summed E-state index contributed by atoms with van der Waals surface area (Å²) in [4.78, 5) is 7.01. The quantitative estimate of drug-likeness (QED) is 0.884. The SMILES string of the molecule is Cc1ncc(CNC[C@H](C)N2CCOC[C@@H]2C)n1-c1ccccc1. The average Bonchev–Trinajstić information content (AvgIpc) is 2.96. The first kappa shape index (κ1) is 17.1. The van der Waals surface area contributed by atoms with Crippen molar-refractivity contribution in [3.05, 3.63) is 48.0 Å². The standard InChI is InChI=1S/C19H28N4O/c1-15(22-9-10-24-14-16(22)2)11-20-12-19-13-21-17(3)23(19)18-7-5-4-6-8-18/h4-8,13,15-16,20H,9-12,14H2,1-3H3/t15-,16-/m0/s1. The van der Waals surface area contributed by atoms with Crippen LogP contribution in [0.4, 0.5) is 0 Å². The fraction of sp³-hybridized carbons (Fsp3) is 0.526. The molecule has 1 aliphatic heterocycles. The van der Waals surface area contributed by atoms with Gasteiger partial charge in [-0.3, -0.25) is 9.47 Å². The molecule has 3 rings (SSSR count). The molecule has 0 unspecified atom stereocenters. The number of nitrogens with one attached hydrogen (secondary N) is 1. The van der Waals surface area contributed by atoms with Crippen LogP contribution < -0.4 is 5.32 Å². The Labute approximate surface area is 144 Å². The number of morpholine rings is 1. The topological polar surface area (TPSA) is 42.3 Å². The Hall–Kier alpha value is -1.69. The first-order valence-electron chi connectivity index (χ1n) is 8.79. The van der Waals surface area contributed by atoms with E-state index >= 15 is 0 Å². The molecule has 2 aromatic rings. The maximum absolute atomic E-state index is 5.53. The van der Waals surface area contributed by atoms with E-state index in [9.17, 15) is 0 Å². The fourth-order valence-corrected chi connectivity index (χ4v) is 3.47. The lowest BCUT2D eigenvalue weighted by Gasteiger charge is -2.38. The Morgan fingerprint density at radius 1 is 1.33 bits per heavy atom. The van der Waals surface area contributed by atoms with Crippen LogP contribution in [-0.4, -0.2) is 52.8 Å². The van der Waals surface area contributed by atoms with E-state index in [-0.39, 0.29) is 0 Å². The fourth-order valence-electron chi connectivity index (χ4n) is 3.47. The average molecular weight is 328 g/mol. The van der Waals surface area contributed by atoms with Gasteiger partial charge >= 0.3 is 0 Å². The molecule has 5 nitrogen and oxygen atoms in total. The van der Waals surface area contributed by atoms with Crippen molar-refractivity contribution in [2.45, 2.75) is 39.4 Å². The summed E-state index contributed by atoms with van der Waals surface area (Å²) in [6.45, 7) is 11.1. The van der Waals surface area contributed by atoms with E-state index < -0.39 is 0 Å². The van der Waals surface area contributed by atoms with Gasteiger partial charge in [-0.2, -0.15) is 0 Å². The van der Waals surface area contributed by atoms with E-state index in [0.29, 0.717) is 12.1 Å². The smallest absolute Gasteiger partial charge is 0.110 e. The molecular weight excluding hydrogens is 300 g/mol. The van der Waals surface area contributed by atoms with Crippen LogP contribution >= 0.6 is 0 Å². The van der Waals surface area contributed by atoms with Crippen molar-refractivity contribution in [2.24, 2.45) is 0 Å². The van der Waals surface area contributed by atoms with Gasteiger partial charge in [-0.15, -0.1) is 0 Å². The highest BCUT2D eigenvalue weighted by Crippen LogP contribution is 2.15. The van der Waals surface area contributed by atoms with E-state index in [1.54, 1.807) is 0 Å². The van der Waals surface area contributed by atoms with Crippen LogP contribution in [0, 0.1) is 6.92 Å². The number of benzene rings is 1. The van der Waals surface area contributed by atoms with E-state index in [1.165, 1.54) is 11.4 Å². The molecule has 0 saturated carbocycles. The number of hydrogen-bond acceptors (Lipinski definition) is 4. The zero-order chi connectivity index (χ0) is 16.9. The monoisotopic (exact) mass is 328 g/mol. The summed E-state index contributed by atoms with van der Waals surface area (Å²) in [5, 5.41) is 3.60. The maximum atomic E-state index is 5.53. The predicted molar refractivity (Wildman–Crippen MR) is 96.5 cm³/mol. The summed E-state index contributed by atoms with van der Waals surface area (Å²) in [5.74, 6) is 1.02. The number of ether oxygens (including phenoxy) is 1. The molecule has 1 N–H and O–H groups in total. The molecule has 2 heterocycles. The lowest BCUT2D eigenvalue weighted by Crippen LogP contribution is -2.51. The summed E-state index contributed by atoms with van der Waals surface area (Å²) in [6, 6.07) is 11.4. The van der Waals surface area contributed by atoms with Crippen LogP contribution in [0.3, 0.4) is 0 Å². The number of nitrogens with zero attached hydrogens (tertiary/aromatic N) is 3. The van der Waals surface area contributed by atoms with Crippen molar-refractivity contribution >= 4 is 0 Å². The molecule has 2 atom stereocenters. The molecule has 0 aliphatic carbocycles. The van der Waals surface area contributed by atoms with Crippen LogP contribution in [0.15, 0.2) is 36.5 Å². The molecule has 0 spiro atoms. The third-order valence-electron chi connectivity index (χ3n) is 4.76. The molecule has 0 bridgehead atoms. The van der Waals surface area contributed by atoms with Gasteiger partial charge in [0.2, 0.25) is 0 Å². The Kier molecular flexibility index (Phi) is 5.66. The van der Waals surface area contributed by atoms with Crippen LogP contribution in [0.5, 0.6) is 0 Å². The summed E-state index contributed by atoms with van der Waals surface area (Å²) in [5.41, 5.74) is 2.36. The number of hydrogen-bond donors (Lipinski definition) is 1. The molecule has 1 saturated heterocycles. The van der Waals surface area contributed by atoms with Crippen LogP contribution in [-0.2, 0) is 11.3 Å². The Balaban J connectivity index is 1.59. The summed E-state index contributed by atoms with van der Waals surface area (Å²) >= 11 is 0. The van der Waals surface area contributed by atoms with Gasteiger partial charge in [-0.25, -0.2) is 4.98 Å². The van der Waals surface area contributed by atoms with Crippen molar-refractivity contribution in [1.29, 1.82) is 0 Å². The second-order valence-corrected chi connectivity index (χ2v) is 6.61. The van der Waals surface area contributed by atoms with Gasteiger partial charge in [0.1, 0.15) is 5.82 Å². The molecular formula is C19H28N4O. The number of para-hydroxylation sites is 1. The zero-order valence-corrected chi connectivity index (χ0v) is 14.9. The van der Waals surface area contributed by atoms with Gasteiger partial charge in [-0.05, 0) is 32.9 Å². The van der Waals surface area contributed by atoms with Crippen LogP contribution in [0.1, 0.15) is 25.4 Å². The predicted octanol–water partition coefficient (Wildman–Crippen LogP) is 2.38. The minimum atomic E-state index is 0.493. The lowest BCUT2D eigenvalue weighted by molar-refractivity contribution is -0.0181. The van der Waals surface area contributed by atoms with Gasteiger partial charge in [0.15, 0.2) is 0 Å². The second kappa shape index (κ2) is 7.92. The van der Waals surface area contributed by atoms with Crippen molar-refractivity contribution < 1.29 is 4.74 Å². The summed E-state index contributed by atoms with van der Waals surface area (Å²) < 4.78 is 7.75. The minimum Gasteiger partial charge on any atom is -0.379 e. The van der Waals surface area contributed by atoms with E-state index in [4.69, 9.17) is 4.74 Å². The van der Waals surface area contributed by atoms with Gasteiger partial charge < -0.3 is 10.1 Å². The van der Waals surface area contributed by atoms with Crippen LogP contribution in [0.25, 0.3) is 5.69 Å². The Bertz CT molecular complexity index is 640. The van der Waals surface area contributed by atoms with E-state index in [2.05, 4.69) is 64.8 Å². The number of aryl methyl sites for hydroxylation is 1. The third kappa shape index (κ3) is 3.86. The maximum Gasteiger partial charge on any atom is 0.110 e. The molecule has 24 heavy (non-hydrogen) atoms. The largest absolute Gasteiger partial charge is 0.379 e. The van der Waals surface area contributed by atoms with Gasteiger partial charge in [-0.1, -0.05) is 18.2 Å². The molecule has 1 aliphatic rings. The number of rotatable bonds is 6. The second-order valence-electron chi connectivity index (χ2n) is 6.61. The summed E-state index contributed by atoms with van der Waals surface area (Å²) in [7, 11) is 0. The number of imidazole rings is 1. The molecule has 0 radical (unpaired) electrons. The summed E-state index contributed by atoms with van der Waals surface area (Å²) in [6.07, 6.45) is 1.97. The first-order chi connectivity index (χ1) is 11.7. The van der Waals surface area contributed by atoms with E-state index in [0.717, 1.165) is 38.7 Å². The highest BCUT2D eigenvalue weighted by atomic mass is 16.5. The molecule has 5 heteroatoms. The van der Waals surface area contributed by atoms with E-state index in [1.807, 2.05) is 12.3 Å². The highest BCUT2D eigenvalue weighted by molar-refractivity contribution is 5.35. The lowest BCUT2D eigenvalue weighted by atomic mass is 10.2. The Morgan fingerprint density at radius 2 is 2.12 bits per heavy atom. The number of aromatic nitrogens is 2. The molecule has 0 amide bonds. The van der Waals surface area contributed by atoms with Gasteiger partial charge in [0.25, 0.3) is 0 Å². The Morgan fingerprint density at radius 3 is 2.88 bits per heavy atom. The van der Waals surface area contributed by atoms with Crippen molar-refractivity contribution in [1.82, 2.24) is 19.8 Å². The van der Waals surface area contributed by atoms with Gasteiger partial charge in [0.05, 0.1) is 25.1 Å². The van der Waals surface area contributed by atoms with Crippen molar-refractivity contribution in [2.75, 3.05) is 26.3 Å². The molecule has 1 aromatic carbocycles. The first-order valence-corrected chi connectivity index (χ1v) is 8.79. The van der Waals surface area contributed by atoms with Gasteiger partial charge in [0, 0.05) is 37.4 Å². The normalized spacial score (nSPS) is 20.2. The highest BCUT2D eigenvalue weighted by Gasteiger charge is 2.23.